The Bertz CT molecular complexity index is 944. The first-order valence-corrected chi connectivity index (χ1v) is 7.32. The van der Waals surface area contributed by atoms with Gasteiger partial charge < -0.3 is 9.97 Å². The molecule has 0 spiro atoms. The average molecular weight is 275 g/mol. The van der Waals surface area contributed by atoms with Crippen LogP contribution in [0.5, 0.6) is 0 Å². The SMILES string of the molecule is CCc1[nH]c2ncc3[nH]ccc3c2c1-c1ccccc1C. The monoisotopic (exact) mass is 275 g/mol. The maximum absolute atomic E-state index is 4.58. The van der Waals surface area contributed by atoms with Gasteiger partial charge in [-0.2, -0.15) is 0 Å². The van der Waals surface area contributed by atoms with Crippen LogP contribution in [0.1, 0.15) is 18.2 Å². The first-order chi connectivity index (χ1) is 10.3. The van der Waals surface area contributed by atoms with Gasteiger partial charge >= 0.3 is 0 Å². The van der Waals surface area contributed by atoms with Crippen LogP contribution in [-0.4, -0.2) is 15.0 Å². The largest absolute Gasteiger partial charge is 0.360 e. The maximum atomic E-state index is 4.58. The summed E-state index contributed by atoms with van der Waals surface area (Å²) in [6.45, 7) is 4.35. The summed E-state index contributed by atoms with van der Waals surface area (Å²) in [5, 5.41) is 2.45. The number of pyridine rings is 1. The van der Waals surface area contributed by atoms with Crippen molar-refractivity contribution >= 4 is 21.9 Å². The van der Waals surface area contributed by atoms with Crippen molar-refractivity contribution in [1.82, 2.24) is 15.0 Å². The molecule has 2 N–H and O–H groups in total. The summed E-state index contributed by atoms with van der Waals surface area (Å²) in [5.74, 6) is 0. The van der Waals surface area contributed by atoms with E-state index < -0.39 is 0 Å². The Labute approximate surface area is 123 Å². The Kier molecular flexibility index (Phi) is 2.61. The van der Waals surface area contributed by atoms with E-state index in [0.29, 0.717) is 0 Å². The molecule has 0 aliphatic carbocycles. The van der Waals surface area contributed by atoms with Crippen molar-refractivity contribution < 1.29 is 0 Å². The second-order valence-electron chi connectivity index (χ2n) is 5.43. The quantitative estimate of drug-likeness (QED) is 0.552. The van der Waals surface area contributed by atoms with Gasteiger partial charge in [0.05, 0.1) is 11.7 Å². The third-order valence-corrected chi connectivity index (χ3v) is 4.20. The van der Waals surface area contributed by atoms with Crippen LogP contribution >= 0.6 is 0 Å². The van der Waals surface area contributed by atoms with Crippen LogP contribution in [-0.2, 0) is 6.42 Å². The van der Waals surface area contributed by atoms with E-state index in [-0.39, 0.29) is 0 Å². The lowest BCUT2D eigenvalue weighted by Crippen LogP contribution is -1.87. The highest BCUT2D eigenvalue weighted by Crippen LogP contribution is 2.37. The Morgan fingerprint density at radius 3 is 2.81 bits per heavy atom. The number of H-pyrrole nitrogens is 2. The smallest absolute Gasteiger partial charge is 0.138 e. The molecule has 0 amide bonds. The number of aromatic amines is 2. The number of aromatic nitrogens is 3. The molecule has 0 aliphatic rings. The number of hydrogen-bond acceptors (Lipinski definition) is 1. The summed E-state index contributed by atoms with van der Waals surface area (Å²) in [6, 6.07) is 10.7. The molecule has 0 atom stereocenters. The van der Waals surface area contributed by atoms with Crippen molar-refractivity contribution in [2.75, 3.05) is 0 Å². The first-order valence-electron chi connectivity index (χ1n) is 7.32. The minimum Gasteiger partial charge on any atom is -0.360 e. The van der Waals surface area contributed by atoms with E-state index in [1.165, 1.54) is 33.2 Å². The van der Waals surface area contributed by atoms with E-state index in [2.05, 4.69) is 59.1 Å². The van der Waals surface area contributed by atoms with Crippen LogP contribution < -0.4 is 0 Å². The molecule has 0 unspecified atom stereocenters. The van der Waals surface area contributed by atoms with E-state index in [9.17, 15) is 0 Å². The van der Waals surface area contributed by atoms with Crippen molar-refractivity contribution in [3.8, 4) is 11.1 Å². The molecule has 21 heavy (non-hydrogen) atoms. The van der Waals surface area contributed by atoms with Gasteiger partial charge in [0, 0.05) is 28.2 Å². The number of rotatable bonds is 2. The van der Waals surface area contributed by atoms with Crippen molar-refractivity contribution in [1.29, 1.82) is 0 Å². The van der Waals surface area contributed by atoms with Crippen LogP contribution in [0.4, 0.5) is 0 Å². The summed E-state index contributed by atoms with van der Waals surface area (Å²) in [7, 11) is 0. The van der Waals surface area contributed by atoms with Crippen LogP contribution in [0.3, 0.4) is 0 Å². The minimum absolute atomic E-state index is 0.964. The predicted molar refractivity (Wildman–Crippen MR) is 87.5 cm³/mol. The predicted octanol–water partition coefficient (Wildman–Crippen LogP) is 4.58. The van der Waals surface area contributed by atoms with Gasteiger partial charge in [-0.3, -0.25) is 0 Å². The summed E-state index contributed by atoms with van der Waals surface area (Å²) >= 11 is 0. The second kappa shape index (κ2) is 4.48. The zero-order chi connectivity index (χ0) is 14.4. The second-order valence-corrected chi connectivity index (χ2v) is 5.43. The molecule has 0 fully saturated rings. The van der Waals surface area contributed by atoms with Crippen LogP contribution in [0.15, 0.2) is 42.7 Å². The molecule has 104 valence electrons. The molecule has 0 radical (unpaired) electrons. The molecular weight excluding hydrogens is 258 g/mol. The van der Waals surface area contributed by atoms with Gasteiger partial charge in [0.15, 0.2) is 0 Å². The number of fused-ring (bicyclic) bond motifs is 3. The standard InChI is InChI=1S/C18H17N3/c1-3-14-16(12-7-5-4-6-11(12)2)17-13-8-9-19-15(13)10-20-18(17)21-14/h4-10,19H,3H2,1-2H3,(H,20,21). The van der Waals surface area contributed by atoms with Gasteiger partial charge in [-0.05, 0) is 30.5 Å². The Hall–Kier alpha value is -2.55. The molecule has 0 saturated carbocycles. The highest BCUT2D eigenvalue weighted by Gasteiger charge is 2.17. The third-order valence-electron chi connectivity index (χ3n) is 4.20. The fourth-order valence-electron chi connectivity index (χ4n) is 3.15. The summed E-state index contributed by atoms with van der Waals surface area (Å²) in [4.78, 5) is 11.3. The van der Waals surface area contributed by atoms with Crippen LogP contribution in [0.25, 0.3) is 33.1 Å². The van der Waals surface area contributed by atoms with Crippen molar-refractivity contribution in [3.05, 3.63) is 54.0 Å². The maximum Gasteiger partial charge on any atom is 0.138 e. The Balaban J connectivity index is 2.20. The van der Waals surface area contributed by atoms with E-state index >= 15 is 0 Å². The lowest BCUT2D eigenvalue weighted by atomic mass is 9.96. The molecule has 0 bridgehead atoms. The van der Waals surface area contributed by atoms with Gasteiger partial charge in [-0.15, -0.1) is 0 Å². The zero-order valence-electron chi connectivity index (χ0n) is 12.2. The van der Waals surface area contributed by atoms with E-state index in [1.54, 1.807) is 0 Å². The minimum atomic E-state index is 0.964. The molecule has 3 heterocycles. The number of nitrogens with one attached hydrogen (secondary N) is 2. The van der Waals surface area contributed by atoms with Crippen molar-refractivity contribution in [2.24, 2.45) is 0 Å². The van der Waals surface area contributed by atoms with Crippen LogP contribution in [0.2, 0.25) is 0 Å². The summed E-state index contributed by atoms with van der Waals surface area (Å²) in [5.41, 5.74) is 7.18. The van der Waals surface area contributed by atoms with Gasteiger partial charge in [0.25, 0.3) is 0 Å². The highest BCUT2D eigenvalue weighted by atomic mass is 14.9. The molecule has 1 aromatic carbocycles. The lowest BCUT2D eigenvalue weighted by molar-refractivity contribution is 1.07. The van der Waals surface area contributed by atoms with Gasteiger partial charge in [-0.1, -0.05) is 31.2 Å². The Morgan fingerprint density at radius 1 is 1.14 bits per heavy atom. The molecule has 0 saturated heterocycles. The van der Waals surface area contributed by atoms with Crippen molar-refractivity contribution in [3.63, 3.8) is 0 Å². The molecule has 3 nitrogen and oxygen atoms in total. The van der Waals surface area contributed by atoms with Crippen LogP contribution in [0, 0.1) is 6.92 Å². The van der Waals surface area contributed by atoms with Gasteiger partial charge in [-0.25, -0.2) is 4.98 Å². The molecular formula is C18H17N3. The number of hydrogen-bond donors (Lipinski definition) is 2. The molecule has 3 aromatic heterocycles. The molecule has 0 aliphatic heterocycles. The topological polar surface area (TPSA) is 44.5 Å². The van der Waals surface area contributed by atoms with Gasteiger partial charge in [0.2, 0.25) is 0 Å². The lowest BCUT2D eigenvalue weighted by Gasteiger charge is -2.07. The van der Waals surface area contributed by atoms with E-state index in [4.69, 9.17) is 0 Å². The fraction of sp³-hybridized carbons (Fsp3) is 0.167. The molecule has 3 heteroatoms. The number of aryl methyl sites for hydroxylation is 2. The fourth-order valence-corrected chi connectivity index (χ4v) is 3.15. The van der Waals surface area contributed by atoms with Crippen molar-refractivity contribution in [2.45, 2.75) is 20.3 Å². The number of nitrogens with zero attached hydrogens (tertiary/aromatic N) is 1. The normalized spacial score (nSPS) is 11.5. The first kappa shape index (κ1) is 12.2. The van der Waals surface area contributed by atoms with Gasteiger partial charge in [0.1, 0.15) is 5.65 Å². The summed E-state index contributed by atoms with van der Waals surface area (Å²) in [6.07, 6.45) is 4.84. The average Bonchev–Trinajstić information content (AvgIpc) is 3.10. The highest BCUT2D eigenvalue weighted by molar-refractivity contribution is 6.12. The zero-order valence-corrected chi connectivity index (χ0v) is 12.2. The van der Waals surface area contributed by atoms with E-state index in [0.717, 1.165) is 17.6 Å². The number of benzene rings is 1. The molecule has 4 rings (SSSR count). The summed E-state index contributed by atoms with van der Waals surface area (Å²) < 4.78 is 0. The van der Waals surface area contributed by atoms with E-state index in [1.807, 2.05) is 12.4 Å². The molecule has 4 aromatic rings. The Morgan fingerprint density at radius 2 is 2.00 bits per heavy atom. The third kappa shape index (κ3) is 1.70.